The molecule has 19 heavy (non-hydrogen) atoms. The summed E-state index contributed by atoms with van der Waals surface area (Å²) in [5.41, 5.74) is 0.866. The van der Waals surface area contributed by atoms with E-state index < -0.39 is 0 Å². The van der Waals surface area contributed by atoms with E-state index in [1.807, 2.05) is 26.8 Å². The zero-order valence-electron chi connectivity index (χ0n) is 12.1. The van der Waals surface area contributed by atoms with Gasteiger partial charge in [0.15, 0.2) is 0 Å². The molecule has 0 amide bonds. The van der Waals surface area contributed by atoms with E-state index in [2.05, 4.69) is 20.6 Å². The number of hydrogen-bond acceptors (Lipinski definition) is 6. The first-order valence-electron chi connectivity index (χ1n) is 6.62. The summed E-state index contributed by atoms with van der Waals surface area (Å²) in [7, 11) is 0. The Morgan fingerprint density at radius 2 is 2.00 bits per heavy atom. The lowest BCUT2D eigenvalue weighted by Gasteiger charge is -2.12. The van der Waals surface area contributed by atoms with Crippen LogP contribution in [0.5, 0.6) is 5.88 Å². The van der Waals surface area contributed by atoms with Gasteiger partial charge in [0.1, 0.15) is 0 Å². The summed E-state index contributed by atoms with van der Waals surface area (Å²) in [5.74, 6) is 1.15. The summed E-state index contributed by atoms with van der Waals surface area (Å²) >= 11 is 0. The second-order valence-electron chi connectivity index (χ2n) is 4.82. The van der Waals surface area contributed by atoms with Gasteiger partial charge in [0, 0.05) is 31.4 Å². The van der Waals surface area contributed by atoms with Crippen molar-refractivity contribution >= 4 is 5.95 Å². The van der Waals surface area contributed by atoms with E-state index in [0.29, 0.717) is 24.9 Å². The molecule has 0 saturated heterocycles. The summed E-state index contributed by atoms with van der Waals surface area (Å²) in [4.78, 5) is 8.58. The molecule has 0 aliphatic carbocycles. The molecule has 3 N–H and O–H groups in total. The van der Waals surface area contributed by atoms with Crippen LogP contribution in [0, 0.1) is 6.92 Å². The molecule has 0 aliphatic rings. The summed E-state index contributed by atoms with van der Waals surface area (Å²) in [6.45, 7) is 9.60. The molecule has 0 aliphatic heterocycles. The molecule has 108 valence electrons. The van der Waals surface area contributed by atoms with Crippen molar-refractivity contribution in [1.82, 2.24) is 15.3 Å². The number of aryl methyl sites for hydroxylation is 1. The predicted molar refractivity (Wildman–Crippen MR) is 75.6 cm³/mol. The lowest BCUT2D eigenvalue weighted by Crippen LogP contribution is -2.29. The van der Waals surface area contributed by atoms with Crippen LogP contribution in [0.2, 0.25) is 0 Å². The molecule has 0 saturated carbocycles. The van der Waals surface area contributed by atoms with Crippen LogP contribution in [0.4, 0.5) is 5.95 Å². The van der Waals surface area contributed by atoms with Crippen molar-refractivity contribution in [3.8, 4) is 5.88 Å². The maximum absolute atomic E-state index is 9.10. The van der Waals surface area contributed by atoms with Crippen molar-refractivity contribution in [1.29, 1.82) is 0 Å². The number of hydrogen-bond donors (Lipinski definition) is 3. The quantitative estimate of drug-likeness (QED) is 0.609. The minimum absolute atomic E-state index is 0.0925. The molecule has 0 spiro atoms. The topological polar surface area (TPSA) is 79.3 Å². The largest absolute Gasteiger partial charge is 0.475 e. The van der Waals surface area contributed by atoms with Crippen molar-refractivity contribution in [2.45, 2.75) is 39.9 Å². The minimum Gasteiger partial charge on any atom is -0.475 e. The molecule has 6 heteroatoms. The van der Waals surface area contributed by atoms with Gasteiger partial charge in [0.25, 0.3) is 0 Å². The number of nitrogens with one attached hydrogen (secondary N) is 2. The van der Waals surface area contributed by atoms with E-state index >= 15 is 0 Å². The number of anilines is 1. The Labute approximate surface area is 114 Å². The van der Waals surface area contributed by atoms with E-state index in [1.165, 1.54) is 0 Å². The maximum Gasteiger partial charge on any atom is 0.226 e. The lowest BCUT2D eigenvalue weighted by atomic mass is 10.4. The monoisotopic (exact) mass is 268 g/mol. The lowest BCUT2D eigenvalue weighted by molar-refractivity contribution is 0.192. The normalized spacial score (nSPS) is 12.5. The van der Waals surface area contributed by atoms with Crippen molar-refractivity contribution in [2.24, 2.45) is 0 Å². The van der Waals surface area contributed by atoms with Crippen LogP contribution < -0.4 is 15.4 Å². The molecule has 1 aromatic rings. The summed E-state index contributed by atoms with van der Waals surface area (Å²) in [5, 5.41) is 15.3. The standard InChI is InChI=1S/C13H24N4O2/c1-9(2)19-12-7-10(3)16-13(17-12)15-6-5-14-8-11(4)18/h7,9,11,14,18H,5-6,8H2,1-4H3,(H,15,16,17). The molecule has 1 unspecified atom stereocenters. The van der Waals surface area contributed by atoms with Gasteiger partial charge >= 0.3 is 0 Å². The van der Waals surface area contributed by atoms with Gasteiger partial charge < -0.3 is 20.5 Å². The Balaban J connectivity index is 2.42. The van der Waals surface area contributed by atoms with Gasteiger partial charge in [-0.2, -0.15) is 4.98 Å². The molecular weight excluding hydrogens is 244 g/mol. The Hall–Kier alpha value is -1.40. The molecule has 0 bridgehead atoms. The van der Waals surface area contributed by atoms with Crippen LogP contribution in [0.25, 0.3) is 0 Å². The number of nitrogens with zero attached hydrogens (tertiary/aromatic N) is 2. The highest BCUT2D eigenvalue weighted by atomic mass is 16.5. The molecule has 0 radical (unpaired) electrons. The third-order valence-corrected chi connectivity index (χ3v) is 2.21. The Kier molecular flexibility index (Phi) is 6.52. The third kappa shape index (κ3) is 6.93. The Morgan fingerprint density at radius 1 is 1.26 bits per heavy atom. The fourth-order valence-corrected chi connectivity index (χ4v) is 1.49. The fourth-order valence-electron chi connectivity index (χ4n) is 1.49. The molecule has 1 rings (SSSR count). The zero-order valence-corrected chi connectivity index (χ0v) is 12.1. The van der Waals surface area contributed by atoms with E-state index in [9.17, 15) is 0 Å². The van der Waals surface area contributed by atoms with Crippen molar-refractivity contribution in [2.75, 3.05) is 25.0 Å². The van der Waals surface area contributed by atoms with Crippen LogP contribution in [0.15, 0.2) is 6.07 Å². The average Bonchev–Trinajstić information content (AvgIpc) is 2.26. The van der Waals surface area contributed by atoms with Gasteiger partial charge in [-0.1, -0.05) is 0 Å². The molecule has 0 fully saturated rings. The van der Waals surface area contributed by atoms with Crippen LogP contribution in [-0.2, 0) is 0 Å². The fraction of sp³-hybridized carbons (Fsp3) is 0.692. The summed E-state index contributed by atoms with van der Waals surface area (Å²) in [6.07, 6.45) is -0.240. The first-order valence-corrected chi connectivity index (χ1v) is 6.62. The third-order valence-electron chi connectivity index (χ3n) is 2.21. The van der Waals surface area contributed by atoms with Gasteiger partial charge in [-0.3, -0.25) is 0 Å². The average molecular weight is 268 g/mol. The van der Waals surface area contributed by atoms with E-state index in [1.54, 1.807) is 6.92 Å². The van der Waals surface area contributed by atoms with Gasteiger partial charge in [-0.05, 0) is 27.7 Å². The molecule has 1 aromatic heterocycles. The predicted octanol–water partition coefficient (Wildman–Crippen LogP) is 0.955. The first kappa shape index (κ1) is 15.7. The smallest absolute Gasteiger partial charge is 0.226 e. The van der Waals surface area contributed by atoms with E-state index in [4.69, 9.17) is 9.84 Å². The highest BCUT2D eigenvalue weighted by Crippen LogP contribution is 2.13. The molecular formula is C13H24N4O2. The van der Waals surface area contributed by atoms with Crippen LogP contribution in [0.1, 0.15) is 26.5 Å². The maximum atomic E-state index is 9.10. The number of aliphatic hydroxyl groups excluding tert-OH is 1. The summed E-state index contributed by atoms with van der Waals surface area (Å²) < 4.78 is 5.55. The van der Waals surface area contributed by atoms with Gasteiger partial charge in [0.2, 0.25) is 11.8 Å². The second-order valence-corrected chi connectivity index (χ2v) is 4.82. The van der Waals surface area contributed by atoms with Gasteiger partial charge in [-0.15, -0.1) is 0 Å². The Morgan fingerprint density at radius 3 is 2.63 bits per heavy atom. The van der Waals surface area contributed by atoms with Crippen LogP contribution in [0.3, 0.4) is 0 Å². The van der Waals surface area contributed by atoms with Gasteiger partial charge in [0.05, 0.1) is 12.2 Å². The molecule has 6 nitrogen and oxygen atoms in total. The summed E-state index contributed by atoms with van der Waals surface area (Å²) in [6, 6.07) is 1.82. The molecule has 1 heterocycles. The van der Waals surface area contributed by atoms with Crippen molar-refractivity contribution < 1.29 is 9.84 Å². The number of rotatable bonds is 8. The first-order chi connectivity index (χ1) is 8.97. The Bertz CT molecular complexity index is 383. The number of ether oxygens (including phenoxy) is 1. The highest BCUT2D eigenvalue weighted by Gasteiger charge is 2.04. The highest BCUT2D eigenvalue weighted by molar-refractivity contribution is 5.30. The van der Waals surface area contributed by atoms with Crippen LogP contribution in [-0.4, -0.2) is 46.9 Å². The number of aromatic nitrogens is 2. The van der Waals surface area contributed by atoms with Crippen LogP contribution >= 0.6 is 0 Å². The van der Waals surface area contributed by atoms with E-state index in [-0.39, 0.29) is 12.2 Å². The second kappa shape index (κ2) is 7.91. The van der Waals surface area contributed by atoms with E-state index in [0.717, 1.165) is 12.2 Å². The van der Waals surface area contributed by atoms with Crippen molar-refractivity contribution in [3.63, 3.8) is 0 Å². The molecule has 1 atom stereocenters. The van der Waals surface area contributed by atoms with Gasteiger partial charge in [-0.25, -0.2) is 4.98 Å². The van der Waals surface area contributed by atoms with Crippen molar-refractivity contribution in [3.05, 3.63) is 11.8 Å². The zero-order chi connectivity index (χ0) is 14.3. The SMILES string of the molecule is Cc1cc(OC(C)C)nc(NCCNCC(C)O)n1. The molecule has 0 aromatic carbocycles. The number of aliphatic hydroxyl groups is 1. The minimum atomic E-state index is -0.332.